The lowest BCUT2D eigenvalue weighted by Gasteiger charge is -2.12. The maximum absolute atomic E-state index is 5.28. The molecule has 0 aliphatic carbocycles. The monoisotopic (exact) mass is 686 g/mol. The minimum Gasteiger partial charge on any atom is -0.228 e. The molecule has 10 rings (SSSR count). The summed E-state index contributed by atoms with van der Waals surface area (Å²) in [7, 11) is 0. The fourth-order valence-electron chi connectivity index (χ4n) is 7.90. The molecule has 1 heterocycles. The summed E-state index contributed by atoms with van der Waals surface area (Å²) in [5, 5.41) is 12.0. The third-order valence-electron chi connectivity index (χ3n) is 10.5. The van der Waals surface area contributed by atoms with E-state index in [2.05, 4.69) is 194 Å². The Morgan fingerprint density at radius 2 is 0.500 bits per heavy atom. The van der Waals surface area contributed by atoms with Crippen LogP contribution in [-0.4, -0.2) is 9.97 Å². The lowest BCUT2D eigenvalue weighted by atomic mass is 9.93. The Hall–Kier alpha value is -7.16. The van der Waals surface area contributed by atoms with Crippen molar-refractivity contribution in [1.29, 1.82) is 0 Å². The summed E-state index contributed by atoms with van der Waals surface area (Å²) < 4.78 is 0. The van der Waals surface area contributed by atoms with E-state index in [0.717, 1.165) is 33.5 Å². The quantitative estimate of drug-likeness (QED) is 0.184. The first kappa shape index (κ1) is 31.6. The van der Waals surface area contributed by atoms with Gasteiger partial charge in [-0.25, -0.2) is 9.97 Å². The van der Waals surface area contributed by atoms with Crippen molar-refractivity contribution in [2.45, 2.75) is 0 Å². The molecule has 2 heteroatoms. The summed E-state index contributed by atoms with van der Waals surface area (Å²) in [5.41, 5.74) is 7.20. The van der Waals surface area contributed by atoms with E-state index in [9.17, 15) is 0 Å². The minimum atomic E-state index is 0.690. The van der Waals surface area contributed by atoms with Crippen LogP contribution in [-0.2, 0) is 0 Å². The van der Waals surface area contributed by atoms with E-state index < -0.39 is 0 Å². The summed E-state index contributed by atoms with van der Waals surface area (Å²) in [6, 6.07) is 73.6. The molecule has 1 aromatic heterocycles. The molecule has 0 fully saturated rings. The van der Waals surface area contributed by atoms with Crippen LogP contribution >= 0.6 is 0 Å². The second-order valence-corrected chi connectivity index (χ2v) is 13.7. The number of nitrogens with zero attached hydrogens (tertiary/aromatic N) is 2. The first-order chi connectivity index (χ1) is 26.8. The van der Waals surface area contributed by atoms with Gasteiger partial charge in [-0.2, -0.15) is 0 Å². The van der Waals surface area contributed by atoms with Gasteiger partial charge in [0.05, 0.1) is 11.4 Å². The Bertz CT molecular complexity index is 3000. The van der Waals surface area contributed by atoms with Gasteiger partial charge in [0.25, 0.3) is 0 Å². The standard InChI is InChI=1S/C52H34N2/c1-3-15-35(16-4-1)36-27-29-38(30-28-36)51-34-50(37-17-5-2-6-18-37)53-52(54-51)39-31-32-48-46-25-12-11-23-44(46)42-21-8-7-19-40(42)41-20-9-10-22-43(41)45-24-13-14-26-47(45)49(48)33-39/h1-34H. The van der Waals surface area contributed by atoms with E-state index in [1.165, 1.54) is 59.6 Å². The van der Waals surface area contributed by atoms with Crippen LogP contribution in [0.5, 0.6) is 0 Å². The van der Waals surface area contributed by atoms with Gasteiger partial charge >= 0.3 is 0 Å². The molecule has 54 heavy (non-hydrogen) atoms. The van der Waals surface area contributed by atoms with Crippen LogP contribution in [0.25, 0.3) is 98.9 Å². The second kappa shape index (κ2) is 13.4. The molecule has 252 valence electrons. The molecule has 0 spiro atoms. The molecular formula is C52H34N2. The van der Waals surface area contributed by atoms with Crippen molar-refractivity contribution in [3.8, 4) is 45.0 Å². The Morgan fingerprint density at radius 3 is 0.944 bits per heavy atom. The number of hydrogen-bond acceptors (Lipinski definition) is 2. The average Bonchev–Trinajstić information content (AvgIpc) is 3.26. The summed E-state index contributed by atoms with van der Waals surface area (Å²) >= 11 is 0. The predicted octanol–water partition coefficient (Wildman–Crippen LogP) is 14.0. The van der Waals surface area contributed by atoms with E-state index in [4.69, 9.17) is 9.97 Å². The summed E-state index contributed by atoms with van der Waals surface area (Å²) in [4.78, 5) is 10.5. The van der Waals surface area contributed by atoms with Crippen molar-refractivity contribution in [1.82, 2.24) is 9.97 Å². The SMILES string of the molecule is c1ccc(-c2ccc(-c3cc(-c4ccccc4)nc(-c4ccc5c6ccccc6c6ccccc6c6ccccc6c6ccccc6c5c4)n3)cc2)cc1. The van der Waals surface area contributed by atoms with Crippen LogP contribution in [0.1, 0.15) is 0 Å². The highest BCUT2D eigenvalue weighted by atomic mass is 14.9. The van der Waals surface area contributed by atoms with Gasteiger partial charge in [-0.3, -0.25) is 0 Å². The molecule has 0 aliphatic heterocycles. The molecular weight excluding hydrogens is 653 g/mol. The van der Waals surface area contributed by atoms with Crippen molar-refractivity contribution in [2.24, 2.45) is 0 Å². The molecule has 2 nitrogen and oxygen atoms in total. The van der Waals surface area contributed by atoms with Gasteiger partial charge in [0, 0.05) is 16.7 Å². The lowest BCUT2D eigenvalue weighted by molar-refractivity contribution is 1.18. The van der Waals surface area contributed by atoms with Crippen LogP contribution in [0.15, 0.2) is 206 Å². The van der Waals surface area contributed by atoms with Gasteiger partial charge in [-0.1, -0.05) is 194 Å². The molecule has 0 saturated heterocycles. The molecule has 10 aromatic rings. The highest BCUT2D eigenvalue weighted by molar-refractivity contribution is 6.26. The van der Waals surface area contributed by atoms with Gasteiger partial charge in [-0.05, 0) is 77.1 Å². The number of aromatic nitrogens is 2. The van der Waals surface area contributed by atoms with Gasteiger partial charge in [0.2, 0.25) is 0 Å². The Balaban J connectivity index is 1.28. The van der Waals surface area contributed by atoms with Crippen molar-refractivity contribution in [3.05, 3.63) is 206 Å². The van der Waals surface area contributed by atoms with Crippen LogP contribution in [0.2, 0.25) is 0 Å². The molecule has 0 N–H and O–H groups in total. The first-order valence-electron chi connectivity index (χ1n) is 18.4. The molecule has 0 unspecified atom stereocenters. The molecule has 0 atom stereocenters. The van der Waals surface area contributed by atoms with E-state index in [-0.39, 0.29) is 0 Å². The second-order valence-electron chi connectivity index (χ2n) is 13.7. The number of benzene rings is 8. The van der Waals surface area contributed by atoms with Crippen LogP contribution < -0.4 is 0 Å². The largest absolute Gasteiger partial charge is 0.228 e. The summed E-state index contributed by atoms with van der Waals surface area (Å²) in [6.07, 6.45) is 0. The predicted molar refractivity (Wildman–Crippen MR) is 229 cm³/mol. The Labute approximate surface area is 314 Å². The third-order valence-corrected chi connectivity index (χ3v) is 10.5. The van der Waals surface area contributed by atoms with Crippen LogP contribution in [0, 0.1) is 0 Å². The van der Waals surface area contributed by atoms with E-state index in [1.54, 1.807) is 0 Å². The highest BCUT2D eigenvalue weighted by Crippen LogP contribution is 2.38. The maximum atomic E-state index is 5.28. The van der Waals surface area contributed by atoms with Crippen molar-refractivity contribution >= 4 is 53.9 Å². The third kappa shape index (κ3) is 5.62. The number of fused-ring (bicyclic) bond motifs is 10. The van der Waals surface area contributed by atoms with Crippen LogP contribution in [0.4, 0.5) is 0 Å². The van der Waals surface area contributed by atoms with Crippen molar-refractivity contribution in [2.75, 3.05) is 0 Å². The minimum absolute atomic E-state index is 0.690. The first-order valence-corrected chi connectivity index (χ1v) is 18.4. The normalized spacial score (nSPS) is 11.3. The molecule has 0 saturated carbocycles. The fourth-order valence-corrected chi connectivity index (χ4v) is 7.90. The molecule has 0 bridgehead atoms. The van der Waals surface area contributed by atoms with Crippen molar-refractivity contribution in [3.63, 3.8) is 0 Å². The summed E-state index contributed by atoms with van der Waals surface area (Å²) in [5.74, 6) is 0.690. The van der Waals surface area contributed by atoms with Gasteiger partial charge in [0.1, 0.15) is 0 Å². The lowest BCUT2D eigenvalue weighted by Crippen LogP contribution is -1.96. The Morgan fingerprint density at radius 1 is 0.204 bits per heavy atom. The topological polar surface area (TPSA) is 25.8 Å². The van der Waals surface area contributed by atoms with E-state index in [0.29, 0.717) is 5.82 Å². The van der Waals surface area contributed by atoms with Crippen molar-refractivity contribution < 1.29 is 0 Å². The number of hydrogen-bond donors (Lipinski definition) is 0. The average molecular weight is 687 g/mol. The van der Waals surface area contributed by atoms with Gasteiger partial charge in [-0.15, -0.1) is 0 Å². The van der Waals surface area contributed by atoms with Gasteiger partial charge in [0.15, 0.2) is 5.82 Å². The zero-order valence-corrected chi connectivity index (χ0v) is 29.5. The fraction of sp³-hybridized carbons (Fsp3) is 0. The smallest absolute Gasteiger partial charge is 0.160 e. The maximum Gasteiger partial charge on any atom is 0.160 e. The zero-order chi connectivity index (χ0) is 35.8. The summed E-state index contributed by atoms with van der Waals surface area (Å²) in [6.45, 7) is 0. The zero-order valence-electron chi connectivity index (χ0n) is 29.5. The van der Waals surface area contributed by atoms with E-state index >= 15 is 0 Å². The highest BCUT2D eigenvalue weighted by Gasteiger charge is 2.14. The molecule has 0 radical (unpaired) electrons. The Kier molecular flexibility index (Phi) is 7.85. The van der Waals surface area contributed by atoms with Gasteiger partial charge < -0.3 is 0 Å². The molecule has 9 aromatic carbocycles. The number of rotatable bonds is 4. The van der Waals surface area contributed by atoms with E-state index in [1.807, 2.05) is 12.1 Å². The van der Waals surface area contributed by atoms with Crippen LogP contribution in [0.3, 0.4) is 0 Å². The molecule has 0 amide bonds. The molecule has 0 aliphatic rings.